The predicted octanol–water partition coefficient (Wildman–Crippen LogP) is 8.67. The Kier molecular flexibility index (Phi) is 14.5. The summed E-state index contributed by atoms with van der Waals surface area (Å²) in [6.45, 7) is 8.30. The topological polar surface area (TPSA) is 132 Å². The summed E-state index contributed by atoms with van der Waals surface area (Å²) < 4.78 is 35.8. The molecule has 69 heavy (non-hydrogen) atoms. The number of ether oxygens (including phenoxy) is 6. The maximum Gasteiger partial charge on any atom is 0.305 e. The molecule has 1 unspecified atom stereocenters. The van der Waals surface area contributed by atoms with Crippen molar-refractivity contribution >= 4 is 52.4 Å². The fourth-order valence-electron chi connectivity index (χ4n) is 9.88. The quantitative estimate of drug-likeness (QED) is 0.0549. The van der Waals surface area contributed by atoms with Crippen molar-refractivity contribution in [2.45, 2.75) is 71.2 Å². The first kappa shape index (κ1) is 47.2. The van der Waals surface area contributed by atoms with Crippen LogP contribution in [0.15, 0.2) is 96.0 Å². The van der Waals surface area contributed by atoms with Gasteiger partial charge in [0.2, 0.25) is 0 Å². The first-order valence-electron chi connectivity index (χ1n) is 23.9. The number of anilines is 4. The smallest absolute Gasteiger partial charge is 0.305 e. The second-order valence-electron chi connectivity index (χ2n) is 18.0. The van der Waals surface area contributed by atoms with Gasteiger partial charge in [-0.15, -0.1) is 0 Å². The number of para-hydroxylation sites is 2. The fraction of sp³-hybridized carbons (Fsp3) is 0.382. The van der Waals surface area contributed by atoms with Gasteiger partial charge in [0.05, 0.1) is 68.6 Å². The summed E-state index contributed by atoms with van der Waals surface area (Å²) in [4.78, 5) is 53.5. The number of aliphatic imine (C=N–C) groups is 1. The summed E-state index contributed by atoms with van der Waals surface area (Å²) in [5.41, 5.74) is 10.1. The summed E-state index contributed by atoms with van der Waals surface area (Å²) in [5, 5.41) is 0. The van der Waals surface area contributed by atoms with Crippen molar-refractivity contribution in [3.8, 4) is 17.2 Å². The van der Waals surface area contributed by atoms with Gasteiger partial charge >= 0.3 is 5.97 Å². The molecule has 0 fully saturated rings. The SMILES string of the molecule is CCCOCCOCCN(CCCC(=O)OC)c1cc(COc2cc3c(cc2C)C(=O)N2c4ccccc4CC2C=N3)cc(COc2cc3c(cc2OC)C(=O)N2c4ccccc4C[C@H]2CN3C)c1. The Morgan fingerprint density at radius 1 is 0.725 bits per heavy atom. The Balaban J connectivity index is 0.993. The molecular weight excluding hydrogens is 875 g/mol. The van der Waals surface area contributed by atoms with Gasteiger partial charge in [0.25, 0.3) is 11.8 Å². The number of rotatable bonds is 20. The van der Waals surface area contributed by atoms with Crippen LogP contribution in [-0.4, -0.2) is 103 Å². The lowest BCUT2D eigenvalue weighted by atomic mass is 10.1. The molecule has 4 aliphatic rings. The zero-order valence-electron chi connectivity index (χ0n) is 40.2. The minimum Gasteiger partial charge on any atom is -0.493 e. The van der Waals surface area contributed by atoms with Crippen molar-refractivity contribution in [1.82, 2.24) is 0 Å². The number of likely N-dealkylation sites (N-methyl/N-ethyl adjacent to an activating group) is 1. The monoisotopic (exact) mass is 935 g/mol. The Morgan fingerprint density at radius 3 is 2.13 bits per heavy atom. The van der Waals surface area contributed by atoms with Gasteiger partial charge in [0, 0.05) is 81.5 Å². The number of carbonyl (C=O) groups excluding carboxylic acids is 3. The van der Waals surface area contributed by atoms with E-state index in [1.54, 1.807) is 13.2 Å². The lowest BCUT2D eigenvalue weighted by Crippen LogP contribution is -2.41. The lowest BCUT2D eigenvalue weighted by Gasteiger charge is -2.26. The molecule has 0 saturated heterocycles. The van der Waals surface area contributed by atoms with E-state index in [1.165, 1.54) is 12.7 Å². The van der Waals surface area contributed by atoms with E-state index in [9.17, 15) is 14.4 Å². The molecule has 14 nitrogen and oxygen atoms in total. The second-order valence-corrected chi connectivity index (χ2v) is 18.0. The molecule has 0 bridgehead atoms. The standard InChI is InChI=1S/C55H61N5O9/c1-6-19-66-21-22-67-20-18-58(17-11-16-53(61)65-5)41-25-37(34-68-50-30-46-44(23-36(50)2)54(62)59-42(32-56-46)27-39-12-7-9-14-47(39)59)24-38(26-41)35-69-52-31-49-45(29-51(52)64-4)55(63)60-43(33-57(49)3)28-40-13-8-10-15-48(40)60/h7-10,12-15,23-26,29-32,42-43H,6,11,16-22,27-28,33-35H2,1-5H3/t42?,43-/m0/s1. The summed E-state index contributed by atoms with van der Waals surface area (Å²) in [7, 11) is 5.00. The molecular formula is C55H61N5O9. The lowest BCUT2D eigenvalue weighted by molar-refractivity contribution is -0.140. The van der Waals surface area contributed by atoms with Gasteiger partial charge in [-0.2, -0.15) is 0 Å². The van der Waals surface area contributed by atoms with Crippen molar-refractivity contribution in [3.63, 3.8) is 0 Å². The number of fused-ring (bicyclic) bond motifs is 8. The number of aryl methyl sites for hydroxylation is 1. The molecule has 2 amide bonds. The van der Waals surface area contributed by atoms with Crippen molar-refractivity contribution in [1.29, 1.82) is 0 Å². The van der Waals surface area contributed by atoms with E-state index in [1.807, 2.05) is 84.6 Å². The molecule has 0 saturated carbocycles. The van der Waals surface area contributed by atoms with Crippen LogP contribution in [0.25, 0.3) is 0 Å². The minimum atomic E-state index is -0.268. The third-order valence-electron chi connectivity index (χ3n) is 13.3. The number of amides is 2. The van der Waals surface area contributed by atoms with Gasteiger partial charge in [-0.3, -0.25) is 24.3 Å². The van der Waals surface area contributed by atoms with Gasteiger partial charge in [-0.1, -0.05) is 43.3 Å². The van der Waals surface area contributed by atoms with Crippen LogP contribution >= 0.6 is 0 Å². The number of benzene rings is 5. The van der Waals surface area contributed by atoms with Crippen LogP contribution < -0.4 is 33.8 Å². The molecule has 2 atom stereocenters. The fourth-order valence-corrected chi connectivity index (χ4v) is 9.88. The van der Waals surface area contributed by atoms with Gasteiger partial charge in [0.15, 0.2) is 11.5 Å². The van der Waals surface area contributed by atoms with E-state index in [4.69, 9.17) is 33.4 Å². The van der Waals surface area contributed by atoms with Crippen LogP contribution in [0.4, 0.5) is 28.4 Å². The molecule has 5 aromatic carbocycles. The predicted molar refractivity (Wildman–Crippen MR) is 268 cm³/mol. The summed E-state index contributed by atoms with van der Waals surface area (Å²) in [6.07, 6.45) is 5.15. The van der Waals surface area contributed by atoms with E-state index in [-0.39, 0.29) is 49.5 Å². The highest BCUT2D eigenvalue weighted by Crippen LogP contribution is 2.43. The van der Waals surface area contributed by atoms with E-state index >= 15 is 0 Å². The number of nitrogens with zero attached hydrogens (tertiary/aromatic N) is 5. The number of hydrogen-bond acceptors (Lipinski definition) is 12. The van der Waals surface area contributed by atoms with E-state index in [2.05, 4.69) is 47.1 Å². The first-order valence-corrected chi connectivity index (χ1v) is 23.9. The highest BCUT2D eigenvalue weighted by molar-refractivity contribution is 6.15. The van der Waals surface area contributed by atoms with Gasteiger partial charge < -0.3 is 43.1 Å². The summed E-state index contributed by atoms with van der Waals surface area (Å²) >= 11 is 0. The molecule has 4 aliphatic heterocycles. The van der Waals surface area contributed by atoms with Crippen molar-refractivity contribution in [2.75, 3.05) is 86.9 Å². The number of esters is 1. The third kappa shape index (κ3) is 10.1. The minimum absolute atomic E-state index is 0.00193. The highest BCUT2D eigenvalue weighted by atomic mass is 16.5. The third-order valence-corrected chi connectivity index (χ3v) is 13.3. The molecule has 9 rings (SSSR count). The number of methoxy groups -OCH3 is 2. The van der Waals surface area contributed by atoms with Crippen LogP contribution in [-0.2, 0) is 45.1 Å². The summed E-state index contributed by atoms with van der Waals surface area (Å²) in [5.74, 6) is 1.17. The van der Waals surface area contributed by atoms with E-state index in [0.29, 0.717) is 93.0 Å². The van der Waals surface area contributed by atoms with E-state index < -0.39 is 0 Å². The Hall–Kier alpha value is -6.90. The molecule has 5 aromatic rings. The van der Waals surface area contributed by atoms with Gasteiger partial charge in [-0.05, 0) is 96.5 Å². The first-order chi connectivity index (χ1) is 33.6. The average Bonchev–Trinajstić information content (AvgIpc) is 3.86. The molecule has 0 aromatic heterocycles. The van der Waals surface area contributed by atoms with Crippen LogP contribution in [0.5, 0.6) is 17.2 Å². The van der Waals surface area contributed by atoms with Gasteiger partial charge in [-0.25, -0.2) is 0 Å². The summed E-state index contributed by atoms with van der Waals surface area (Å²) in [6, 6.07) is 29.6. The average molecular weight is 936 g/mol. The molecule has 0 N–H and O–H groups in total. The van der Waals surface area contributed by atoms with E-state index in [0.717, 1.165) is 57.8 Å². The highest BCUT2D eigenvalue weighted by Gasteiger charge is 2.40. The van der Waals surface area contributed by atoms with Crippen molar-refractivity contribution < 1.29 is 42.8 Å². The maximum atomic E-state index is 14.3. The molecule has 14 heteroatoms. The largest absolute Gasteiger partial charge is 0.493 e. The molecule has 0 aliphatic carbocycles. The molecule has 0 spiro atoms. The van der Waals surface area contributed by atoms with Crippen molar-refractivity contribution in [2.24, 2.45) is 4.99 Å². The Bertz CT molecular complexity index is 2740. The van der Waals surface area contributed by atoms with Gasteiger partial charge in [0.1, 0.15) is 19.0 Å². The second kappa shape index (κ2) is 21.2. The zero-order chi connectivity index (χ0) is 48.0. The molecule has 0 radical (unpaired) electrons. The van der Waals surface area contributed by atoms with Crippen LogP contribution in [0, 0.1) is 6.92 Å². The maximum absolute atomic E-state index is 14.3. The Morgan fingerprint density at radius 2 is 1.41 bits per heavy atom. The molecule has 4 heterocycles. The number of carbonyl (C=O) groups is 3. The molecule has 360 valence electrons. The Labute approximate surface area is 404 Å². The number of hydrogen-bond donors (Lipinski definition) is 0. The zero-order valence-corrected chi connectivity index (χ0v) is 40.2. The normalized spacial score (nSPS) is 16.4. The van der Waals surface area contributed by atoms with Crippen LogP contribution in [0.2, 0.25) is 0 Å². The van der Waals surface area contributed by atoms with Crippen LogP contribution in [0.1, 0.15) is 74.7 Å². The van der Waals surface area contributed by atoms with Crippen LogP contribution in [0.3, 0.4) is 0 Å². The van der Waals surface area contributed by atoms with Crippen molar-refractivity contribution in [3.05, 3.63) is 130 Å².